The van der Waals surface area contributed by atoms with Gasteiger partial charge in [0.25, 0.3) is 0 Å². The van der Waals surface area contributed by atoms with Gasteiger partial charge in [-0.1, -0.05) is 121 Å². The van der Waals surface area contributed by atoms with Gasteiger partial charge in [-0.05, 0) is 12.8 Å². The van der Waals surface area contributed by atoms with Gasteiger partial charge >= 0.3 is 0 Å². The first-order valence-electron chi connectivity index (χ1n) is 6.29. The summed E-state index contributed by atoms with van der Waals surface area (Å²) in [5.74, 6) is 0. The number of halogens is 6. The van der Waals surface area contributed by atoms with Crippen LogP contribution in [0.3, 0.4) is 0 Å². The van der Waals surface area contributed by atoms with Crippen molar-refractivity contribution in [3.63, 3.8) is 0 Å². The Balaban J connectivity index is 2.71. The molecule has 1 aliphatic carbocycles. The third kappa shape index (κ3) is 5.94. The van der Waals surface area contributed by atoms with E-state index in [2.05, 4.69) is 95.6 Å². The summed E-state index contributed by atoms with van der Waals surface area (Å²) in [4.78, 5) is 2.70. The molecule has 1 saturated carbocycles. The van der Waals surface area contributed by atoms with Crippen LogP contribution in [0.5, 0.6) is 0 Å². The Morgan fingerprint density at radius 2 is 0.778 bits per heavy atom. The van der Waals surface area contributed by atoms with Crippen LogP contribution in [0.1, 0.15) is 38.5 Å². The van der Waals surface area contributed by atoms with Gasteiger partial charge in [0.15, 0.2) is 0 Å². The molecule has 0 nitrogen and oxygen atoms in total. The lowest BCUT2D eigenvalue weighted by molar-refractivity contribution is 0.549. The maximum atomic E-state index is 3.84. The fourth-order valence-corrected chi connectivity index (χ4v) is 7.63. The highest BCUT2D eigenvalue weighted by atomic mass is 79.9. The number of rotatable bonds is 0. The molecule has 0 N–H and O–H groups in total. The fourth-order valence-electron chi connectivity index (χ4n) is 2.10. The summed E-state index contributed by atoms with van der Waals surface area (Å²) in [5, 5.41) is 0. The van der Waals surface area contributed by atoms with E-state index in [-0.39, 0.29) is 0 Å². The first-order valence-corrected chi connectivity index (χ1v) is 11.8. The molecule has 0 spiro atoms. The lowest BCUT2D eigenvalue weighted by Crippen LogP contribution is -2.39. The molecule has 18 heavy (non-hydrogen) atoms. The summed E-state index contributed by atoms with van der Waals surface area (Å²) < 4.78 is 0. The van der Waals surface area contributed by atoms with Gasteiger partial charge in [0.1, 0.15) is 0 Å². The van der Waals surface area contributed by atoms with Crippen molar-refractivity contribution < 1.29 is 0 Å². The zero-order chi connectivity index (χ0) is 13.7. The molecule has 0 amide bonds. The van der Waals surface area contributed by atoms with Crippen molar-refractivity contribution in [2.75, 3.05) is 0 Å². The molecule has 108 valence electrons. The molecule has 6 atom stereocenters. The normalized spacial score (nSPS) is 45.0. The molecule has 0 aliphatic heterocycles. The van der Waals surface area contributed by atoms with E-state index in [1.165, 1.54) is 38.5 Å². The molecular weight excluding hydrogens is 624 g/mol. The molecule has 0 saturated heterocycles. The summed E-state index contributed by atoms with van der Waals surface area (Å²) in [6.45, 7) is 0. The van der Waals surface area contributed by atoms with Crippen LogP contribution in [0.25, 0.3) is 0 Å². The van der Waals surface area contributed by atoms with Gasteiger partial charge < -0.3 is 0 Å². The first kappa shape index (κ1) is 18.9. The fraction of sp³-hybridized carbons (Fsp3) is 1.00. The van der Waals surface area contributed by atoms with Crippen molar-refractivity contribution in [1.29, 1.82) is 0 Å². The van der Waals surface area contributed by atoms with Crippen LogP contribution in [-0.4, -0.2) is 29.0 Å². The topological polar surface area (TPSA) is 0 Å². The Morgan fingerprint density at radius 3 is 1.11 bits per heavy atom. The Hall–Kier alpha value is 2.88. The van der Waals surface area contributed by atoms with Gasteiger partial charge in [0.2, 0.25) is 0 Å². The summed E-state index contributed by atoms with van der Waals surface area (Å²) in [5.41, 5.74) is 0. The predicted molar refractivity (Wildman–Crippen MR) is 104 cm³/mol. The van der Waals surface area contributed by atoms with Gasteiger partial charge in [-0.3, -0.25) is 0 Å². The second kappa shape index (κ2) is 9.81. The molecule has 0 radical (unpaired) electrons. The standard InChI is InChI=1S/C12H18Br6/c13-7-5-3-1-2-4-6-8(14)10(16)12(18)11(17)9(7)15/h7-12H,1-6H2/t7-,8+,9+,10-,11-,12-/m1/s1. The van der Waals surface area contributed by atoms with E-state index < -0.39 is 0 Å². The van der Waals surface area contributed by atoms with Crippen molar-refractivity contribution in [1.82, 2.24) is 0 Å². The van der Waals surface area contributed by atoms with E-state index in [0.717, 1.165) is 0 Å². The van der Waals surface area contributed by atoms with Crippen LogP contribution < -0.4 is 0 Å². The van der Waals surface area contributed by atoms with Crippen molar-refractivity contribution in [2.24, 2.45) is 0 Å². The Labute approximate surface area is 161 Å². The largest absolute Gasteiger partial charge is 0.0878 e. The minimum atomic E-state index is 0.394. The molecule has 1 fully saturated rings. The van der Waals surface area contributed by atoms with Crippen molar-refractivity contribution in [3.05, 3.63) is 0 Å². The maximum absolute atomic E-state index is 3.84. The van der Waals surface area contributed by atoms with Crippen LogP contribution >= 0.6 is 95.6 Å². The SMILES string of the molecule is Br[C@H]1[C@H](Br)[C@H](Br)[C@@H](Br)CCCCCC[C@@H](Br)[C@@H]1Br. The third-order valence-corrected chi connectivity index (χ3v) is 13.6. The number of alkyl halides is 6. The van der Waals surface area contributed by atoms with Gasteiger partial charge in [0, 0.05) is 29.0 Å². The third-order valence-electron chi connectivity index (χ3n) is 3.31. The molecular formula is C12H18Br6. The van der Waals surface area contributed by atoms with Gasteiger partial charge in [-0.2, -0.15) is 0 Å². The van der Waals surface area contributed by atoms with Crippen molar-refractivity contribution >= 4 is 95.6 Å². The lowest BCUT2D eigenvalue weighted by atomic mass is 10.0. The van der Waals surface area contributed by atoms with Crippen molar-refractivity contribution in [2.45, 2.75) is 67.5 Å². The highest BCUT2D eigenvalue weighted by Crippen LogP contribution is 2.37. The lowest BCUT2D eigenvalue weighted by Gasteiger charge is -2.31. The van der Waals surface area contributed by atoms with Crippen LogP contribution in [0.4, 0.5) is 0 Å². The predicted octanol–water partition coefficient (Wildman–Crippen LogP) is 6.92. The molecule has 0 bridgehead atoms. The van der Waals surface area contributed by atoms with E-state index in [1.807, 2.05) is 0 Å². The molecule has 0 unspecified atom stereocenters. The Morgan fingerprint density at radius 1 is 0.444 bits per heavy atom. The minimum absolute atomic E-state index is 0.394. The zero-order valence-corrected chi connectivity index (χ0v) is 19.5. The maximum Gasteiger partial charge on any atom is 0.0418 e. The number of hydrogen-bond donors (Lipinski definition) is 0. The van der Waals surface area contributed by atoms with E-state index >= 15 is 0 Å². The quantitative estimate of drug-likeness (QED) is 0.252. The molecule has 0 aromatic heterocycles. The minimum Gasteiger partial charge on any atom is -0.0878 e. The summed E-state index contributed by atoms with van der Waals surface area (Å²) >= 11 is 23.0. The average molecular weight is 642 g/mol. The van der Waals surface area contributed by atoms with E-state index in [1.54, 1.807) is 0 Å². The second-order valence-corrected chi connectivity index (χ2v) is 11.4. The molecule has 1 rings (SSSR count). The zero-order valence-electron chi connectivity index (χ0n) is 9.97. The summed E-state index contributed by atoms with van der Waals surface area (Å²) in [6, 6.07) is 0. The Kier molecular flexibility index (Phi) is 10.3. The van der Waals surface area contributed by atoms with Gasteiger partial charge in [-0.15, -0.1) is 0 Å². The molecule has 0 aromatic carbocycles. The van der Waals surface area contributed by atoms with Gasteiger partial charge in [0.05, 0.1) is 0 Å². The molecule has 6 heteroatoms. The smallest absolute Gasteiger partial charge is 0.0418 e. The van der Waals surface area contributed by atoms with E-state index in [9.17, 15) is 0 Å². The summed E-state index contributed by atoms with van der Waals surface area (Å²) in [7, 11) is 0. The highest BCUT2D eigenvalue weighted by molar-refractivity contribution is 9.15. The Bertz CT molecular complexity index is 213. The molecule has 1 aliphatic rings. The van der Waals surface area contributed by atoms with Crippen LogP contribution in [0.2, 0.25) is 0 Å². The monoisotopic (exact) mass is 636 g/mol. The molecule has 0 aromatic rings. The molecule has 0 heterocycles. The number of hydrogen-bond acceptors (Lipinski definition) is 0. The van der Waals surface area contributed by atoms with Crippen LogP contribution in [0, 0.1) is 0 Å². The second-order valence-electron chi connectivity index (χ2n) is 4.80. The van der Waals surface area contributed by atoms with Gasteiger partial charge in [-0.25, -0.2) is 0 Å². The van der Waals surface area contributed by atoms with Crippen LogP contribution in [0.15, 0.2) is 0 Å². The van der Waals surface area contributed by atoms with Crippen LogP contribution in [-0.2, 0) is 0 Å². The average Bonchev–Trinajstić information content (AvgIpc) is 2.37. The highest BCUT2D eigenvalue weighted by Gasteiger charge is 2.35. The van der Waals surface area contributed by atoms with E-state index in [0.29, 0.717) is 29.0 Å². The van der Waals surface area contributed by atoms with E-state index in [4.69, 9.17) is 0 Å². The summed E-state index contributed by atoms with van der Waals surface area (Å²) in [6.07, 6.45) is 7.80. The van der Waals surface area contributed by atoms with Crippen molar-refractivity contribution in [3.8, 4) is 0 Å². The first-order chi connectivity index (χ1) is 8.45.